The normalized spacial score (nSPS) is 12.2. The van der Waals surface area contributed by atoms with Gasteiger partial charge in [-0.2, -0.15) is 0 Å². The molecule has 2 aromatic carbocycles. The average Bonchev–Trinajstić information content (AvgIpc) is 2.67. The van der Waals surface area contributed by atoms with E-state index < -0.39 is 22.0 Å². The van der Waals surface area contributed by atoms with E-state index in [0.29, 0.717) is 17.2 Å². The summed E-state index contributed by atoms with van der Waals surface area (Å²) in [5.41, 5.74) is 1.86. The van der Waals surface area contributed by atoms with Gasteiger partial charge in [-0.1, -0.05) is 25.1 Å². The van der Waals surface area contributed by atoms with Crippen LogP contribution in [0.15, 0.2) is 42.5 Å². The number of carbonyl (C=O) groups is 1. The minimum absolute atomic E-state index is 0.232. The molecule has 0 aliphatic rings. The highest BCUT2D eigenvalue weighted by molar-refractivity contribution is 7.92. The number of carbonyl (C=O) groups excluding carboxylic acids is 1. The predicted molar refractivity (Wildman–Crippen MR) is 111 cm³/mol. The van der Waals surface area contributed by atoms with Crippen LogP contribution in [0.1, 0.15) is 19.4 Å². The number of aryl methyl sites for hydroxylation is 1. The van der Waals surface area contributed by atoms with Crippen molar-refractivity contribution in [1.82, 2.24) is 0 Å². The minimum atomic E-state index is -3.79. The molecule has 1 atom stereocenters. The fraction of sp³-hybridized carbons (Fsp3) is 0.350. The highest BCUT2D eigenvalue weighted by Gasteiger charge is 2.32. The van der Waals surface area contributed by atoms with Gasteiger partial charge in [0.25, 0.3) is 0 Å². The van der Waals surface area contributed by atoms with Crippen LogP contribution in [0.25, 0.3) is 0 Å². The van der Waals surface area contributed by atoms with Crippen LogP contribution in [0.3, 0.4) is 0 Å². The highest BCUT2D eigenvalue weighted by atomic mass is 32.2. The predicted octanol–water partition coefficient (Wildman–Crippen LogP) is 3.06. The van der Waals surface area contributed by atoms with Gasteiger partial charge in [0.15, 0.2) is 0 Å². The fourth-order valence-electron chi connectivity index (χ4n) is 2.94. The number of methoxy groups -OCH3 is 2. The molecule has 0 heterocycles. The monoisotopic (exact) mass is 406 g/mol. The van der Waals surface area contributed by atoms with Crippen LogP contribution in [0.5, 0.6) is 11.5 Å². The van der Waals surface area contributed by atoms with E-state index >= 15 is 0 Å². The second-order valence-electron chi connectivity index (χ2n) is 6.27. The van der Waals surface area contributed by atoms with Gasteiger partial charge in [-0.3, -0.25) is 9.10 Å². The van der Waals surface area contributed by atoms with Crippen molar-refractivity contribution in [1.29, 1.82) is 0 Å². The summed E-state index contributed by atoms with van der Waals surface area (Å²) < 4.78 is 36.7. The SMILES string of the molecule is CCc1ccccc1NC(=O)[C@H](C)N(c1cc(OC)ccc1OC)S(C)(=O)=O. The number of benzene rings is 2. The van der Waals surface area contributed by atoms with Gasteiger partial charge in [-0.15, -0.1) is 0 Å². The van der Waals surface area contributed by atoms with E-state index in [2.05, 4.69) is 5.32 Å². The van der Waals surface area contributed by atoms with E-state index in [1.54, 1.807) is 18.2 Å². The number of sulfonamides is 1. The molecule has 28 heavy (non-hydrogen) atoms. The molecule has 2 aromatic rings. The number of ether oxygens (including phenoxy) is 2. The van der Waals surface area contributed by atoms with Crippen molar-refractivity contribution < 1.29 is 22.7 Å². The zero-order valence-electron chi connectivity index (χ0n) is 16.7. The summed E-state index contributed by atoms with van der Waals surface area (Å²) in [5.74, 6) is 0.324. The first-order chi connectivity index (χ1) is 13.2. The molecular formula is C20H26N2O5S. The molecule has 0 fully saturated rings. The Morgan fingerprint density at radius 3 is 2.39 bits per heavy atom. The number of anilines is 2. The lowest BCUT2D eigenvalue weighted by atomic mass is 10.1. The van der Waals surface area contributed by atoms with Crippen molar-refractivity contribution in [2.24, 2.45) is 0 Å². The first-order valence-corrected chi connectivity index (χ1v) is 10.7. The van der Waals surface area contributed by atoms with Gasteiger partial charge in [0.2, 0.25) is 15.9 Å². The molecule has 0 aliphatic heterocycles. The van der Waals surface area contributed by atoms with Gasteiger partial charge in [-0.25, -0.2) is 8.42 Å². The van der Waals surface area contributed by atoms with Gasteiger partial charge in [0.1, 0.15) is 17.5 Å². The summed E-state index contributed by atoms with van der Waals surface area (Å²) in [5, 5.41) is 2.83. The number of hydrogen-bond acceptors (Lipinski definition) is 5. The summed E-state index contributed by atoms with van der Waals surface area (Å²) in [6, 6.07) is 11.2. The fourth-order valence-corrected chi connectivity index (χ4v) is 4.11. The molecule has 2 rings (SSSR count). The summed E-state index contributed by atoms with van der Waals surface area (Å²) >= 11 is 0. The zero-order chi connectivity index (χ0) is 20.9. The molecule has 0 spiro atoms. The summed E-state index contributed by atoms with van der Waals surface area (Å²) in [4.78, 5) is 12.9. The molecule has 0 aromatic heterocycles. The van der Waals surface area contributed by atoms with Crippen LogP contribution in [0, 0.1) is 0 Å². The van der Waals surface area contributed by atoms with Gasteiger partial charge < -0.3 is 14.8 Å². The number of hydrogen-bond donors (Lipinski definition) is 1. The van der Waals surface area contributed by atoms with E-state index in [4.69, 9.17) is 9.47 Å². The van der Waals surface area contributed by atoms with Gasteiger partial charge in [0, 0.05) is 11.8 Å². The lowest BCUT2D eigenvalue weighted by Crippen LogP contribution is -2.45. The zero-order valence-corrected chi connectivity index (χ0v) is 17.5. The van der Waals surface area contributed by atoms with Crippen LogP contribution in [-0.2, 0) is 21.2 Å². The first kappa shape index (κ1) is 21.6. The van der Waals surface area contributed by atoms with E-state index in [1.165, 1.54) is 27.2 Å². The smallest absolute Gasteiger partial charge is 0.248 e. The van der Waals surface area contributed by atoms with Gasteiger partial charge >= 0.3 is 0 Å². The lowest BCUT2D eigenvalue weighted by Gasteiger charge is -2.29. The van der Waals surface area contributed by atoms with Crippen LogP contribution in [0.2, 0.25) is 0 Å². The number of nitrogens with zero attached hydrogens (tertiary/aromatic N) is 1. The van der Waals surface area contributed by atoms with Gasteiger partial charge in [0.05, 0.1) is 26.2 Å². The maximum atomic E-state index is 12.9. The van der Waals surface area contributed by atoms with Crippen molar-refractivity contribution in [2.45, 2.75) is 26.3 Å². The molecule has 0 unspecified atom stereocenters. The molecule has 1 N–H and O–H groups in total. The maximum absolute atomic E-state index is 12.9. The Hall–Kier alpha value is -2.74. The summed E-state index contributed by atoms with van der Waals surface area (Å²) in [6.07, 6.45) is 1.79. The van der Waals surface area contributed by atoms with Crippen molar-refractivity contribution in [2.75, 3.05) is 30.1 Å². The van der Waals surface area contributed by atoms with Crippen molar-refractivity contribution >= 4 is 27.3 Å². The van der Waals surface area contributed by atoms with E-state index in [0.717, 1.165) is 22.5 Å². The third-order valence-electron chi connectivity index (χ3n) is 4.37. The number of rotatable bonds is 8. The third kappa shape index (κ3) is 4.75. The number of para-hydroxylation sites is 1. The van der Waals surface area contributed by atoms with Crippen LogP contribution in [-0.4, -0.2) is 40.8 Å². The molecule has 0 bridgehead atoms. The summed E-state index contributed by atoms with van der Waals surface area (Å²) in [7, 11) is -0.872. The molecule has 0 saturated heterocycles. The van der Waals surface area contributed by atoms with E-state index in [1.807, 2.05) is 25.1 Å². The molecule has 7 nitrogen and oxygen atoms in total. The minimum Gasteiger partial charge on any atom is -0.497 e. The summed E-state index contributed by atoms with van der Waals surface area (Å²) in [6.45, 7) is 3.52. The molecule has 1 amide bonds. The molecule has 8 heteroatoms. The third-order valence-corrected chi connectivity index (χ3v) is 5.60. The molecule has 0 saturated carbocycles. The Bertz CT molecular complexity index is 943. The van der Waals surface area contributed by atoms with Crippen molar-refractivity contribution in [3.63, 3.8) is 0 Å². The van der Waals surface area contributed by atoms with E-state index in [9.17, 15) is 13.2 Å². The molecular weight excluding hydrogens is 380 g/mol. The Labute approximate surface area is 166 Å². The first-order valence-electron chi connectivity index (χ1n) is 8.83. The Morgan fingerprint density at radius 2 is 1.82 bits per heavy atom. The molecule has 152 valence electrons. The highest BCUT2D eigenvalue weighted by Crippen LogP contribution is 2.35. The molecule has 0 radical (unpaired) electrons. The quantitative estimate of drug-likeness (QED) is 0.728. The average molecular weight is 407 g/mol. The van der Waals surface area contributed by atoms with E-state index in [-0.39, 0.29) is 5.69 Å². The van der Waals surface area contributed by atoms with Crippen molar-refractivity contribution in [3.05, 3.63) is 48.0 Å². The van der Waals surface area contributed by atoms with Crippen LogP contribution >= 0.6 is 0 Å². The Balaban J connectivity index is 2.45. The second kappa shape index (κ2) is 8.97. The largest absolute Gasteiger partial charge is 0.497 e. The van der Waals surface area contributed by atoms with Gasteiger partial charge in [-0.05, 0) is 37.1 Å². The number of amides is 1. The second-order valence-corrected chi connectivity index (χ2v) is 8.13. The van der Waals surface area contributed by atoms with Crippen LogP contribution < -0.4 is 19.1 Å². The number of nitrogens with one attached hydrogen (secondary N) is 1. The topological polar surface area (TPSA) is 84.9 Å². The van der Waals surface area contributed by atoms with Crippen molar-refractivity contribution in [3.8, 4) is 11.5 Å². The maximum Gasteiger partial charge on any atom is 0.248 e. The lowest BCUT2D eigenvalue weighted by molar-refractivity contribution is -0.116. The molecule has 0 aliphatic carbocycles. The Kier molecular flexibility index (Phi) is 6.90. The standard InChI is InChI=1S/C20H26N2O5S/c1-6-15-9-7-8-10-17(15)21-20(23)14(2)22(28(5,24)25)18-13-16(26-3)11-12-19(18)27-4/h7-14H,6H2,1-5H3,(H,21,23)/t14-/m0/s1. The Morgan fingerprint density at radius 1 is 1.14 bits per heavy atom. The van der Waals surface area contributed by atoms with Crippen LogP contribution in [0.4, 0.5) is 11.4 Å².